The molecule has 0 spiro atoms. The fourth-order valence-electron chi connectivity index (χ4n) is 1.52. The normalized spacial score (nSPS) is 10.8. The lowest BCUT2D eigenvalue weighted by Gasteiger charge is -2.08. The smallest absolute Gasteiger partial charge is 0.188 e. The van der Waals surface area contributed by atoms with E-state index in [1.807, 2.05) is 0 Å². The van der Waals surface area contributed by atoms with Crippen molar-refractivity contribution >= 4 is 10.8 Å². The van der Waals surface area contributed by atoms with Crippen LogP contribution >= 0.6 is 0 Å². The van der Waals surface area contributed by atoms with Crippen molar-refractivity contribution in [2.75, 3.05) is 13.9 Å². The molecule has 0 aliphatic carbocycles. The van der Waals surface area contributed by atoms with Gasteiger partial charge < -0.3 is 14.6 Å². The molecule has 17 heavy (non-hydrogen) atoms. The van der Waals surface area contributed by atoms with Crippen LogP contribution in [0.5, 0.6) is 11.5 Å². The summed E-state index contributed by atoms with van der Waals surface area (Å²) in [5.74, 6) is -1.82. The van der Waals surface area contributed by atoms with Crippen LogP contribution < -0.4 is 4.74 Å². The largest absolute Gasteiger partial charge is 0.507 e. The molecule has 0 fully saturated rings. The molecule has 0 aliphatic rings. The van der Waals surface area contributed by atoms with Crippen LogP contribution in [0.3, 0.4) is 0 Å². The van der Waals surface area contributed by atoms with Gasteiger partial charge in [-0.1, -0.05) is 0 Å². The number of hydrogen-bond donors (Lipinski definition) is 1. The van der Waals surface area contributed by atoms with E-state index in [-0.39, 0.29) is 17.9 Å². The Balaban J connectivity index is 2.53. The molecule has 3 nitrogen and oxygen atoms in total. The minimum absolute atomic E-state index is 0.00856. The lowest BCUT2D eigenvalue weighted by molar-refractivity contribution is 0.0511. The molecule has 0 unspecified atom stereocenters. The zero-order valence-corrected chi connectivity index (χ0v) is 9.04. The van der Waals surface area contributed by atoms with E-state index >= 15 is 0 Å². The molecule has 0 saturated carbocycles. The molecule has 0 saturated heterocycles. The summed E-state index contributed by atoms with van der Waals surface area (Å²) in [7, 11) is 1.45. The summed E-state index contributed by atoms with van der Waals surface area (Å²) in [6.07, 6.45) is 0. The molecule has 2 rings (SSSR count). The number of phenolic OH excluding ortho intramolecular Hbond substituents is 1. The second-order valence-corrected chi connectivity index (χ2v) is 3.48. The van der Waals surface area contributed by atoms with Crippen LogP contribution in [0.1, 0.15) is 0 Å². The minimum atomic E-state index is -1.00. The first-order valence-corrected chi connectivity index (χ1v) is 4.85. The highest BCUT2D eigenvalue weighted by molar-refractivity contribution is 5.89. The zero-order chi connectivity index (χ0) is 12.4. The van der Waals surface area contributed by atoms with Crippen LogP contribution in [0.25, 0.3) is 10.8 Å². The van der Waals surface area contributed by atoms with Gasteiger partial charge >= 0.3 is 0 Å². The molecular formula is C12H10F2O3. The van der Waals surface area contributed by atoms with Crippen LogP contribution in [0.15, 0.2) is 24.3 Å². The Morgan fingerprint density at radius 1 is 1.12 bits per heavy atom. The predicted octanol–water partition coefficient (Wildman–Crippen LogP) is 2.81. The van der Waals surface area contributed by atoms with Crippen LogP contribution in [0.4, 0.5) is 8.78 Å². The average Bonchev–Trinajstić information content (AvgIpc) is 2.29. The van der Waals surface area contributed by atoms with Gasteiger partial charge in [-0.05, 0) is 23.6 Å². The summed E-state index contributed by atoms with van der Waals surface area (Å²) in [4.78, 5) is 0. The quantitative estimate of drug-likeness (QED) is 0.838. The number of hydrogen-bond acceptors (Lipinski definition) is 3. The molecule has 90 valence electrons. The van der Waals surface area contributed by atoms with E-state index in [1.54, 1.807) is 0 Å². The number of fused-ring (bicyclic) bond motifs is 1. The Kier molecular flexibility index (Phi) is 3.10. The van der Waals surface area contributed by atoms with E-state index in [0.29, 0.717) is 11.1 Å². The van der Waals surface area contributed by atoms with Gasteiger partial charge in [-0.15, -0.1) is 0 Å². The van der Waals surface area contributed by atoms with Crippen LogP contribution in [-0.2, 0) is 4.74 Å². The van der Waals surface area contributed by atoms with Gasteiger partial charge in [-0.25, -0.2) is 8.78 Å². The fourth-order valence-corrected chi connectivity index (χ4v) is 1.52. The summed E-state index contributed by atoms with van der Waals surface area (Å²) in [5.41, 5.74) is 0. The maximum Gasteiger partial charge on any atom is 0.188 e. The summed E-state index contributed by atoms with van der Waals surface area (Å²) in [5, 5.41) is 10.2. The maximum atomic E-state index is 13.0. The molecule has 1 N–H and O–H groups in total. The summed E-state index contributed by atoms with van der Waals surface area (Å²) >= 11 is 0. The van der Waals surface area contributed by atoms with Crippen LogP contribution in [0, 0.1) is 11.6 Å². The number of aromatic hydroxyl groups is 1. The number of benzene rings is 2. The lowest BCUT2D eigenvalue weighted by Crippen LogP contribution is -1.98. The van der Waals surface area contributed by atoms with E-state index < -0.39 is 11.6 Å². The Morgan fingerprint density at radius 2 is 1.82 bits per heavy atom. The first kappa shape index (κ1) is 11.6. The SMILES string of the molecule is COCOc1cc(O)c2cc(F)c(F)cc2c1. The van der Waals surface area contributed by atoms with Crippen molar-refractivity contribution in [1.29, 1.82) is 0 Å². The first-order valence-electron chi connectivity index (χ1n) is 4.85. The highest BCUT2D eigenvalue weighted by atomic mass is 19.2. The van der Waals surface area contributed by atoms with Gasteiger partial charge in [0.25, 0.3) is 0 Å². The van der Waals surface area contributed by atoms with Crippen molar-refractivity contribution < 1.29 is 23.4 Å². The molecular weight excluding hydrogens is 230 g/mol. The van der Waals surface area contributed by atoms with Crippen molar-refractivity contribution in [1.82, 2.24) is 0 Å². The van der Waals surface area contributed by atoms with Gasteiger partial charge in [0.15, 0.2) is 18.4 Å². The monoisotopic (exact) mass is 240 g/mol. The van der Waals surface area contributed by atoms with E-state index in [0.717, 1.165) is 12.1 Å². The third kappa shape index (κ3) is 2.29. The van der Waals surface area contributed by atoms with Crippen molar-refractivity contribution in [2.45, 2.75) is 0 Å². The van der Waals surface area contributed by atoms with Gasteiger partial charge in [-0.3, -0.25) is 0 Å². The van der Waals surface area contributed by atoms with Crippen molar-refractivity contribution in [3.63, 3.8) is 0 Å². The molecule has 0 radical (unpaired) electrons. The molecule has 0 atom stereocenters. The highest BCUT2D eigenvalue weighted by Crippen LogP contribution is 2.31. The second kappa shape index (κ2) is 4.55. The molecule has 2 aromatic carbocycles. The minimum Gasteiger partial charge on any atom is -0.507 e. The van der Waals surface area contributed by atoms with Crippen LogP contribution in [0.2, 0.25) is 0 Å². The maximum absolute atomic E-state index is 13.0. The van der Waals surface area contributed by atoms with E-state index in [4.69, 9.17) is 9.47 Å². The van der Waals surface area contributed by atoms with Gasteiger partial charge in [0.1, 0.15) is 11.5 Å². The lowest BCUT2D eigenvalue weighted by atomic mass is 10.1. The Hall–Kier alpha value is -1.88. The third-order valence-electron chi connectivity index (χ3n) is 2.29. The first-order chi connectivity index (χ1) is 8.11. The van der Waals surface area contributed by atoms with Crippen molar-refractivity contribution in [3.05, 3.63) is 35.9 Å². The summed E-state index contributed by atoms with van der Waals surface area (Å²) in [6, 6.07) is 4.76. The van der Waals surface area contributed by atoms with Gasteiger partial charge in [-0.2, -0.15) is 0 Å². The molecule has 0 aliphatic heterocycles. The number of halogens is 2. The van der Waals surface area contributed by atoms with Crippen molar-refractivity contribution in [2.24, 2.45) is 0 Å². The Morgan fingerprint density at radius 3 is 2.53 bits per heavy atom. The Bertz CT molecular complexity index is 555. The average molecular weight is 240 g/mol. The predicted molar refractivity (Wildman–Crippen MR) is 58.0 cm³/mol. The van der Waals surface area contributed by atoms with E-state index in [9.17, 15) is 13.9 Å². The summed E-state index contributed by atoms with van der Waals surface area (Å²) in [6.45, 7) is 0.00856. The molecule has 2 aromatic rings. The molecule has 5 heteroatoms. The third-order valence-corrected chi connectivity index (χ3v) is 2.29. The second-order valence-electron chi connectivity index (χ2n) is 3.48. The number of phenols is 1. The molecule has 0 heterocycles. The number of methoxy groups -OCH3 is 1. The highest BCUT2D eigenvalue weighted by Gasteiger charge is 2.09. The van der Waals surface area contributed by atoms with E-state index in [1.165, 1.54) is 19.2 Å². The summed E-state index contributed by atoms with van der Waals surface area (Å²) < 4.78 is 35.9. The standard InChI is InChI=1S/C12H10F2O3/c1-16-6-17-8-2-7-3-10(13)11(14)5-9(7)12(15)4-8/h2-5,15H,6H2,1H3. The van der Waals surface area contributed by atoms with Crippen molar-refractivity contribution in [3.8, 4) is 11.5 Å². The molecule has 0 aromatic heterocycles. The number of rotatable bonds is 3. The Labute approximate surface area is 96.2 Å². The molecule has 0 amide bonds. The molecule has 0 bridgehead atoms. The van der Waals surface area contributed by atoms with Gasteiger partial charge in [0, 0.05) is 18.6 Å². The fraction of sp³-hybridized carbons (Fsp3) is 0.167. The zero-order valence-electron chi connectivity index (χ0n) is 9.04. The van der Waals surface area contributed by atoms with Gasteiger partial charge in [0.05, 0.1) is 0 Å². The van der Waals surface area contributed by atoms with E-state index in [2.05, 4.69) is 0 Å². The topological polar surface area (TPSA) is 38.7 Å². The number of ether oxygens (including phenoxy) is 2. The van der Waals surface area contributed by atoms with Gasteiger partial charge in [0.2, 0.25) is 0 Å². The van der Waals surface area contributed by atoms with Crippen LogP contribution in [-0.4, -0.2) is 19.0 Å².